The number of hydrogen-bond acceptors (Lipinski definition) is 5. The first-order valence-electron chi connectivity index (χ1n) is 9.97. The lowest BCUT2D eigenvalue weighted by Crippen LogP contribution is -2.20. The Bertz CT molecular complexity index is 1220. The maximum absolute atomic E-state index is 14.7. The van der Waals surface area contributed by atoms with Crippen LogP contribution in [0.3, 0.4) is 0 Å². The molecule has 0 saturated carbocycles. The molecule has 1 N–H and O–H groups in total. The maximum atomic E-state index is 14.7. The zero-order valence-electron chi connectivity index (χ0n) is 17.9. The molecule has 0 unspecified atom stereocenters. The lowest BCUT2D eigenvalue weighted by Gasteiger charge is -2.25. The molecule has 1 aliphatic rings. The van der Waals surface area contributed by atoms with E-state index >= 15 is 0 Å². The number of ether oxygens (including phenoxy) is 2. The largest absolute Gasteiger partial charge is 0.493 e. The summed E-state index contributed by atoms with van der Waals surface area (Å²) in [6.07, 6.45) is 0.441. The van der Waals surface area contributed by atoms with Gasteiger partial charge in [0, 0.05) is 12.1 Å². The molecule has 31 heavy (non-hydrogen) atoms. The van der Waals surface area contributed by atoms with Crippen molar-refractivity contribution in [1.82, 2.24) is 4.98 Å². The Hall–Kier alpha value is -3.61. The number of methoxy groups -OCH3 is 2. The highest BCUT2D eigenvalue weighted by Crippen LogP contribution is 2.40. The van der Waals surface area contributed by atoms with Gasteiger partial charge in [-0.05, 0) is 55.3 Å². The minimum absolute atomic E-state index is 0.197. The van der Waals surface area contributed by atoms with Gasteiger partial charge in [0.2, 0.25) is 0 Å². The van der Waals surface area contributed by atoms with Crippen LogP contribution in [0.5, 0.6) is 11.5 Å². The van der Waals surface area contributed by atoms with E-state index in [0.717, 1.165) is 16.8 Å². The summed E-state index contributed by atoms with van der Waals surface area (Å²) in [5.74, 6) is 0.799. The Morgan fingerprint density at radius 3 is 2.48 bits per heavy atom. The smallest absolute Gasteiger partial charge is 0.257 e. The third kappa shape index (κ3) is 3.79. The number of H-pyrrole nitrogens is 1. The molecule has 2 aromatic carbocycles. The van der Waals surface area contributed by atoms with E-state index in [2.05, 4.69) is 4.98 Å². The van der Waals surface area contributed by atoms with Crippen LogP contribution in [-0.4, -0.2) is 24.9 Å². The Morgan fingerprint density at radius 2 is 1.81 bits per heavy atom. The fourth-order valence-electron chi connectivity index (χ4n) is 4.05. The molecule has 7 heteroatoms. The Labute approximate surface area is 179 Å². The molecule has 1 aliphatic heterocycles. The van der Waals surface area contributed by atoms with Crippen molar-refractivity contribution >= 4 is 11.4 Å². The molecule has 160 valence electrons. The molecule has 3 aromatic rings. The molecule has 1 aromatic heterocycles. The van der Waals surface area contributed by atoms with Crippen molar-refractivity contribution in [3.05, 3.63) is 87.1 Å². The number of hydrogen-bond donors (Lipinski definition) is 1. The van der Waals surface area contributed by atoms with Gasteiger partial charge in [-0.3, -0.25) is 9.80 Å². The summed E-state index contributed by atoms with van der Waals surface area (Å²) in [5.41, 5.74) is 3.78. The van der Waals surface area contributed by atoms with Gasteiger partial charge in [-0.1, -0.05) is 18.2 Å². The van der Waals surface area contributed by atoms with Crippen molar-refractivity contribution < 1.29 is 13.9 Å². The van der Waals surface area contributed by atoms with Crippen LogP contribution in [0.25, 0.3) is 0 Å². The van der Waals surface area contributed by atoms with E-state index in [1.165, 1.54) is 6.07 Å². The van der Waals surface area contributed by atoms with Gasteiger partial charge in [-0.15, -0.1) is 0 Å². The second kappa shape index (κ2) is 8.26. The Balaban J connectivity index is 1.85. The van der Waals surface area contributed by atoms with Crippen molar-refractivity contribution in [3.8, 4) is 11.5 Å². The average molecular weight is 421 g/mol. The van der Waals surface area contributed by atoms with Gasteiger partial charge in [-0.2, -0.15) is 5.10 Å². The number of para-hydroxylation sites is 1. The van der Waals surface area contributed by atoms with Gasteiger partial charge in [0.15, 0.2) is 11.5 Å². The van der Waals surface area contributed by atoms with E-state index in [1.54, 1.807) is 37.4 Å². The van der Waals surface area contributed by atoms with Gasteiger partial charge in [-0.25, -0.2) is 4.39 Å². The zero-order valence-corrected chi connectivity index (χ0v) is 17.9. The van der Waals surface area contributed by atoms with Crippen LogP contribution in [-0.2, 0) is 0 Å². The first kappa shape index (κ1) is 20.7. The average Bonchev–Trinajstić information content (AvgIpc) is 3.17. The lowest BCUT2D eigenvalue weighted by atomic mass is 9.96. The molecule has 0 fully saturated rings. The van der Waals surface area contributed by atoms with E-state index < -0.39 is 0 Å². The van der Waals surface area contributed by atoms with Crippen LogP contribution in [0.2, 0.25) is 0 Å². The molecule has 0 saturated heterocycles. The number of nitrogens with zero attached hydrogens (tertiary/aromatic N) is 2. The van der Waals surface area contributed by atoms with Crippen LogP contribution in [0.1, 0.15) is 34.8 Å². The topological polar surface area (TPSA) is 66.9 Å². The van der Waals surface area contributed by atoms with Gasteiger partial charge < -0.3 is 14.5 Å². The molecule has 0 amide bonds. The fourth-order valence-corrected chi connectivity index (χ4v) is 4.05. The van der Waals surface area contributed by atoms with Crippen molar-refractivity contribution in [3.63, 3.8) is 0 Å². The molecule has 1 atom stereocenters. The zero-order chi connectivity index (χ0) is 22.1. The van der Waals surface area contributed by atoms with Crippen molar-refractivity contribution in [2.45, 2.75) is 26.3 Å². The maximum Gasteiger partial charge on any atom is 0.257 e. The molecule has 6 nitrogen and oxygen atoms in total. The SMILES string of the molecule is COc1ccc([C@@H]2CC(c3c(C)cc(C)[nH]c3=O)=NN2c2ccccc2F)cc1OC. The normalized spacial score (nSPS) is 15.7. The standard InChI is InChI=1S/C24H24FN3O3/c1-14-11-15(2)26-24(29)23(14)18-13-20(16-9-10-21(30-3)22(12-16)31-4)28(27-18)19-8-6-5-7-17(19)25/h5-12,20H,13H2,1-4H3,(H,26,29)/t20-/m0/s1. The second-order valence-corrected chi connectivity index (χ2v) is 7.52. The summed E-state index contributed by atoms with van der Waals surface area (Å²) in [6, 6.07) is 13.7. The number of pyridine rings is 1. The number of halogens is 1. The minimum atomic E-state index is -0.382. The van der Waals surface area contributed by atoms with Crippen LogP contribution < -0.4 is 20.0 Å². The van der Waals surface area contributed by atoms with Gasteiger partial charge in [0.25, 0.3) is 5.56 Å². The summed E-state index contributed by atoms with van der Waals surface area (Å²) >= 11 is 0. The summed E-state index contributed by atoms with van der Waals surface area (Å²) in [4.78, 5) is 15.6. The number of anilines is 1. The second-order valence-electron chi connectivity index (χ2n) is 7.52. The number of aromatic amines is 1. The highest BCUT2D eigenvalue weighted by Gasteiger charge is 2.33. The number of rotatable bonds is 5. The third-order valence-electron chi connectivity index (χ3n) is 5.46. The molecular formula is C24H24FN3O3. The minimum Gasteiger partial charge on any atom is -0.493 e. The number of aryl methyl sites for hydroxylation is 2. The van der Waals surface area contributed by atoms with E-state index in [-0.39, 0.29) is 17.4 Å². The summed E-state index contributed by atoms with van der Waals surface area (Å²) in [5, 5.41) is 6.36. The van der Waals surface area contributed by atoms with Crippen molar-refractivity contribution in [2.24, 2.45) is 5.10 Å². The van der Waals surface area contributed by atoms with Gasteiger partial charge in [0.1, 0.15) is 5.82 Å². The monoisotopic (exact) mass is 421 g/mol. The van der Waals surface area contributed by atoms with Gasteiger partial charge in [0.05, 0.1) is 37.2 Å². The molecule has 0 radical (unpaired) electrons. The number of aromatic nitrogens is 1. The van der Waals surface area contributed by atoms with E-state index in [9.17, 15) is 9.18 Å². The highest BCUT2D eigenvalue weighted by molar-refractivity contribution is 6.04. The summed E-state index contributed by atoms with van der Waals surface area (Å²) in [6.45, 7) is 3.73. The molecule has 4 rings (SSSR count). The molecule has 0 bridgehead atoms. The van der Waals surface area contributed by atoms with Crippen LogP contribution in [0.4, 0.5) is 10.1 Å². The quantitative estimate of drug-likeness (QED) is 0.659. The van der Waals surface area contributed by atoms with E-state index in [0.29, 0.717) is 34.9 Å². The van der Waals surface area contributed by atoms with Crippen LogP contribution >= 0.6 is 0 Å². The predicted octanol–water partition coefficient (Wildman–Crippen LogP) is 4.50. The predicted molar refractivity (Wildman–Crippen MR) is 119 cm³/mol. The number of hydrazone groups is 1. The molecule has 0 spiro atoms. The third-order valence-corrected chi connectivity index (χ3v) is 5.46. The molecular weight excluding hydrogens is 397 g/mol. The van der Waals surface area contributed by atoms with Crippen LogP contribution in [0.15, 0.2) is 58.4 Å². The highest BCUT2D eigenvalue weighted by atomic mass is 19.1. The van der Waals surface area contributed by atoms with Gasteiger partial charge >= 0.3 is 0 Å². The first-order chi connectivity index (χ1) is 14.9. The molecule has 2 heterocycles. The number of benzene rings is 2. The van der Waals surface area contributed by atoms with Crippen molar-refractivity contribution in [2.75, 3.05) is 19.2 Å². The molecule has 0 aliphatic carbocycles. The fraction of sp³-hybridized carbons (Fsp3) is 0.250. The van der Waals surface area contributed by atoms with Crippen molar-refractivity contribution in [1.29, 1.82) is 0 Å². The Morgan fingerprint density at radius 1 is 1.06 bits per heavy atom. The first-order valence-corrected chi connectivity index (χ1v) is 9.97. The summed E-state index contributed by atoms with van der Waals surface area (Å²) in [7, 11) is 3.15. The lowest BCUT2D eigenvalue weighted by molar-refractivity contribution is 0.354. The van der Waals surface area contributed by atoms with E-state index in [1.807, 2.05) is 38.1 Å². The van der Waals surface area contributed by atoms with Crippen LogP contribution in [0, 0.1) is 19.7 Å². The Kier molecular flexibility index (Phi) is 5.50. The van der Waals surface area contributed by atoms with E-state index in [4.69, 9.17) is 14.6 Å². The summed E-state index contributed by atoms with van der Waals surface area (Å²) < 4.78 is 25.5. The number of nitrogens with one attached hydrogen (secondary N) is 1.